The van der Waals surface area contributed by atoms with Crippen molar-refractivity contribution < 1.29 is 63.3 Å². The molecule has 1 fully saturated rings. The molecule has 1 rings (SSSR count). The summed E-state index contributed by atoms with van der Waals surface area (Å²) in [5.74, 6) is -10.9. The number of rotatable bonds is 27. The minimum absolute atomic E-state index is 0.00365. The lowest BCUT2D eigenvalue weighted by molar-refractivity contribution is -0.144. The molecule has 23 heteroatoms. The molecule has 0 radical (unpaired) electrons. The van der Waals surface area contributed by atoms with E-state index in [-0.39, 0.29) is 50.9 Å². The molecule has 1 aliphatic rings. The number of nitrogens with one attached hydrogen (secondary N) is 5. The van der Waals surface area contributed by atoms with E-state index in [1.807, 2.05) is 0 Å². The first-order valence-electron chi connectivity index (χ1n) is 18.6. The third-order valence-electron chi connectivity index (χ3n) is 9.32. The van der Waals surface area contributed by atoms with Crippen molar-refractivity contribution in [2.75, 3.05) is 18.8 Å². The highest BCUT2D eigenvalue weighted by molar-refractivity contribution is 7.80. The van der Waals surface area contributed by atoms with E-state index in [4.69, 9.17) is 22.3 Å². The number of carboxylic acid groups (broad SMARTS) is 3. The van der Waals surface area contributed by atoms with Crippen LogP contribution in [0.5, 0.6) is 0 Å². The maximum absolute atomic E-state index is 14.0. The first-order chi connectivity index (χ1) is 26.8. The minimum atomic E-state index is -1.74. The number of nitrogens with zero attached hydrogens (tertiary/aromatic N) is 1. The Kier molecular flexibility index (Phi) is 22.2. The quantitative estimate of drug-likeness (QED) is 0.0283. The van der Waals surface area contributed by atoms with E-state index in [0.29, 0.717) is 25.7 Å². The van der Waals surface area contributed by atoms with Crippen LogP contribution in [0.15, 0.2) is 0 Å². The molecule has 0 saturated carbocycles. The van der Waals surface area contributed by atoms with Crippen LogP contribution in [-0.4, -0.2) is 141 Å². The Hall–Kier alpha value is -5.03. The van der Waals surface area contributed by atoms with Crippen molar-refractivity contribution in [3.05, 3.63) is 0 Å². The normalized spacial score (nSPS) is 17.4. The van der Waals surface area contributed by atoms with E-state index in [9.17, 15) is 58.2 Å². The van der Waals surface area contributed by atoms with Gasteiger partial charge in [0.05, 0.1) is 12.5 Å². The van der Waals surface area contributed by atoms with Crippen LogP contribution in [0, 0.1) is 5.92 Å². The van der Waals surface area contributed by atoms with E-state index in [1.165, 1.54) is 4.90 Å². The summed E-state index contributed by atoms with van der Waals surface area (Å²) in [5.41, 5.74) is 16.5. The Labute approximate surface area is 334 Å². The number of likely N-dealkylation sites (tertiary alicyclic amines) is 1. The van der Waals surface area contributed by atoms with Gasteiger partial charge in [0, 0.05) is 25.1 Å². The predicted octanol–water partition coefficient (Wildman–Crippen LogP) is -3.48. The predicted molar refractivity (Wildman–Crippen MR) is 204 cm³/mol. The number of hydrogen-bond donors (Lipinski definition) is 12. The number of aliphatic carboxylic acids is 3. The lowest BCUT2D eigenvalue weighted by Crippen LogP contribution is -2.60. The van der Waals surface area contributed by atoms with Gasteiger partial charge in [-0.3, -0.25) is 43.2 Å². The summed E-state index contributed by atoms with van der Waals surface area (Å²) in [7, 11) is 0. The lowest BCUT2D eigenvalue weighted by atomic mass is 9.97. The number of amides is 7. The molecule has 1 aliphatic heterocycles. The Balaban J connectivity index is 3.25. The first kappa shape index (κ1) is 50.0. The third kappa shape index (κ3) is 17.3. The van der Waals surface area contributed by atoms with Gasteiger partial charge < -0.3 is 64.0 Å². The number of thiol groups is 1. The van der Waals surface area contributed by atoms with Crippen molar-refractivity contribution in [3.8, 4) is 0 Å². The zero-order chi connectivity index (χ0) is 43.4. The molecule has 1 saturated heterocycles. The topological polar surface area (TPSA) is 373 Å². The van der Waals surface area contributed by atoms with Crippen molar-refractivity contribution in [2.24, 2.45) is 23.1 Å². The maximum atomic E-state index is 14.0. The van der Waals surface area contributed by atoms with Crippen molar-refractivity contribution >= 4 is 71.9 Å². The second-order valence-electron chi connectivity index (χ2n) is 13.8. The van der Waals surface area contributed by atoms with Crippen LogP contribution in [0.3, 0.4) is 0 Å². The van der Waals surface area contributed by atoms with E-state index >= 15 is 0 Å². The molecule has 7 amide bonds. The van der Waals surface area contributed by atoms with Gasteiger partial charge in [-0.15, -0.1) is 0 Å². The molecule has 22 nitrogen and oxygen atoms in total. The van der Waals surface area contributed by atoms with E-state index in [1.54, 1.807) is 13.8 Å². The van der Waals surface area contributed by atoms with Gasteiger partial charge in [0.25, 0.3) is 0 Å². The highest BCUT2D eigenvalue weighted by atomic mass is 32.1. The van der Waals surface area contributed by atoms with E-state index < -0.39 is 120 Å². The highest BCUT2D eigenvalue weighted by Crippen LogP contribution is 2.21. The molecule has 14 N–H and O–H groups in total. The summed E-state index contributed by atoms with van der Waals surface area (Å²) in [5, 5.41) is 40.0. The molecular weight excluding hydrogens is 774 g/mol. The van der Waals surface area contributed by atoms with Gasteiger partial charge in [0.2, 0.25) is 41.4 Å². The standard InChI is InChI=1S/C34H57N9O13S/c1-3-17(2)27(42-28(49)18(36)9-12-25(45)46)32(53)40-21(15-26(47)48)29(50)38-19(7-4-5-13-35)33(54)43-14-6-8-23(43)31(52)41-22(16-57)30(51)39-20(34(55)56)10-11-24(37)44/h17-23,27,57H,3-16,35-36H2,1-2H3,(H2,37,44)(H,38,50)(H,39,51)(H,40,53)(H,41,52)(H,42,49)(H,45,46)(H,47,48)(H,55,56)/t17-,18-,19-,20-,21-,22-,23-,27-/m0/s1. The van der Waals surface area contributed by atoms with Crippen molar-refractivity contribution in [1.82, 2.24) is 31.5 Å². The van der Waals surface area contributed by atoms with Crippen LogP contribution in [0.1, 0.15) is 84.5 Å². The van der Waals surface area contributed by atoms with Crippen LogP contribution in [0.2, 0.25) is 0 Å². The zero-order valence-electron chi connectivity index (χ0n) is 32.1. The number of carboxylic acids is 3. The lowest BCUT2D eigenvalue weighted by Gasteiger charge is -2.31. The summed E-state index contributed by atoms with van der Waals surface area (Å²) >= 11 is 4.09. The van der Waals surface area contributed by atoms with E-state index in [0.717, 1.165) is 0 Å². The van der Waals surface area contributed by atoms with Gasteiger partial charge in [-0.05, 0) is 57.4 Å². The average Bonchev–Trinajstić information content (AvgIpc) is 3.65. The molecular formula is C34H57N9O13S. The van der Waals surface area contributed by atoms with Gasteiger partial charge in [-0.2, -0.15) is 12.6 Å². The van der Waals surface area contributed by atoms with Gasteiger partial charge in [0.1, 0.15) is 36.3 Å². The van der Waals surface area contributed by atoms with E-state index in [2.05, 4.69) is 39.2 Å². The van der Waals surface area contributed by atoms with Crippen LogP contribution in [0.4, 0.5) is 0 Å². The number of carbonyl (C=O) groups excluding carboxylic acids is 7. The molecule has 322 valence electrons. The Morgan fingerprint density at radius 1 is 0.754 bits per heavy atom. The summed E-state index contributed by atoms with van der Waals surface area (Å²) in [6.07, 6.45) is -0.591. The molecule has 0 bridgehead atoms. The maximum Gasteiger partial charge on any atom is 0.326 e. The molecule has 0 spiro atoms. The third-order valence-corrected chi connectivity index (χ3v) is 9.69. The summed E-state index contributed by atoms with van der Waals surface area (Å²) in [6.45, 7) is 3.62. The Bertz CT molecular complexity index is 1470. The second kappa shape index (κ2) is 25.3. The monoisotopic (exact) mass is 831 g/mol. The van der Waals surface area contributed by atoms with Crippen LogP contribution >= 0.6 is 12.6 Å². The largest absolute Gasteiger partial charge is 0.481 e. The number of nitrogens with two attached hydrogens (primary N) is 3. The molecule has 0 aromatic carbocycles. The van der Waals surface area contributed by atoms with Gasteiger partial charge in [-0.1, -0.05) is 20.3 Å². The van der Waals surface area contributed by atoms with Gasteiger partial charge in [0.15, 0.2) is 0 Å². The average molecular weight is 832 g/mol. The van der Waals surface area contributed by atoms with Crippen LogP contribution in [-0.2, 0) is 47.9 Å². The van der Waals surface area contributed by atoms with Crippen LogP contribution in [0.25, 0.3) is 0 Å². The van der Waals surface area contributed by atoms with Crippen LogP contribution < -0.4 is 43.8 Å². The minimum Gasteiger partial charge on any atom is -0.481 e. The Morgan fingerprint density at radius 2 is 1.37 bits per heavy atom. The molecule has 0 aromatic heterocycles. The SMILES string of the molecule is CC[C@H](C)[C@H](NC(=O)[C@@H](N)CCC(=O)O)C(=O)N[C@@H](CC(=O)O)C(=O)N[C@@H](CCCCN)C(=O)N1CCC[C@H]1C(=O)N[C@@H](CS)C(=O)N[C@@H](CCC(N)=O)C(=O)O. The fraction of sp³-hybridized carbons (Fsp3) is 0.706. The Morgan fingerprint density at radius 3 is 1.91 bits per heavy atom. The van der Waals surface area contributed by atoms with Gasteiger partial charge >= 0.3 is 17.9 Å². The molecule has 0 aliphatic carbocycles. The number of carbonyl (C=O) groups is 10. The first-order valence-corrected chi connectivity index (χ1v) is 19.2. The second-order valence-corrected chi connectivity index (χ2v) is 14.1. The fourth-order valence-corrected chi connectivity index (χ4v) is 6.08. The van der Waals surface area contributed by atoms with Crippen molar-refractivity contribution in [1.29, 1.82) is 0 Å². The summed E-state index contributed by atoms with van der Waals surface area (Å²) in [4.78, 5) is 127. The van der Waals surface area contributed by atoms with Crippen molar-refractivity contribution in [2.45, 2.75) is 127 Å². The number of unbranched alkanes of at least 4 members (excludes halogenated alkanes) is 1. The molecule has 0 unspecified atom stereocenters. The number of hydrogen-bond acceptors (Lipinski definition) is 13. The molecule has 1 heterocycles. The molecule has 8 atom stereocenters. The zero-order valence-corrected chi connectivity index (χ0v) is 33.0. The fourth-order valence-electron chi connectivity index (χ4n) is 5.82. The summed E-state index contributed by atoms with van der Waals surface area (Å²) in [6, 6.07) is -9.62. The molecule has 57 heavy (non-hydrogen) atoms. The smallest absolute Gasteiger partial charge is 0.326 e. The van der Waals surface area contributed by atoms with Crippen molar-refractivity contribution in [3.63, 3.8) is 0 Å². The number of primary amides is 1. The summed E-state index contributed by atoms with van der Waals surface area (Å²) < 4.78 is 0. The highest BCUT2D eigenvalue weighted by Gasteiger charge is 2.40. The molecule has 0 aromatic rings. The van der Waals surface area contributed by atoms with Gasteiger partial charge in [-0.25, -0.2) is 4.79 Å².